The Hall–Kier alpha value is -2.70. The molecular weight excluding hydrogens is 358 g/mol. The summed E-state index contributed by atoms with van der Waals surface area (Å²) in [5.41, 5.74) is 1.86. The molecule has 0 spiro atoms. The lowest BCUT2D eigenvalue weighted by Crippen LogP contribution is -2.49. The van der Waals surface area contributed by atoms with E-state index in [-0.39, 0.29) is 29.9 Å². The fraction of sp³-hybridized carbons (Fsp3) is 0.364. The van der Waals surface area contributed by atoms with Gasteiger partial charge in [0.2, 0.25) is 0 Å². The lowest BCUT2D eigenvalue weighted by atomic mass is 10.0. The van der Waals surface area contributed by atoms with Crippen LogP contribution >= 0.6 is 0 Å². The summed E-state index contributed by atoms with van der Waals surface area (Å²) in [4.78, 5) is 27.2. The predicted octanol–water partition coefficient (Wildman–Crippen LogP) is 3.18. The van der Waals surface area contributed by atoms with Crippen molar-refractivity contribution in [2.24, 2.45) is 5.92 Å². The maximum Gasteiger partial charge on any atom is 0.261 e. The summed E-state index contributed by atoms with van der Waals surface area (Å²) in [6, 6.07) is 14.3. The first-order valence-corrected chi connectivity index (χ1v) is 9.55. The van der Waals surface area contributed by atoms with E-state index in [0.717, 1.165) is 24.2 Å². The molecule has 2 aromatic rings. The van der Waals surface area contributed by atoms with Crippen LogP contribution in [-0.2, 0) is 9.47 Å². The smallest absolute Gasteiger partial charge is 0.261 e. The third-order valence-corrected chi connectivity index (χ3v) is 5.96. The second-order valence-electron chi connectivity index (χ2n) is 7.47. The monoisotopic (exact) mass is 379 g/mol. The third-order valence-electron chi connectivity index (χ3n) is 5.96. The van der Waals surface area contributed by atoms with E-state index < -0.39 is 6.29 Å². The minimum atomic E-state index is -0.511. The van der Waals surface area contributed by atoms with Crippen LogP contribution in [0.15, 0.2) is 48.5 Å². The largest absolute Gasteiger partial charge is 0.497 e. The Bertz CT molecular complexity index is 890. The van der Waals surface area contributed by atoms with Gasteiger partial charge in [-0.1, -0.05) is 24.3 Å². The molecule has 0 radical (unpaired) electrons. The van der Waals surface area contributed by atoms with Gasteiger partial charge < -0.3 is 14.2 Å². The number of amides is 2. The second-order valence-corrected chi connectivity index (χ2v) is 7.47. The van der Waals surface area contributed by atoms with Crippen molar-refractivity contribution in [2.75, 3.05) is 13.7 Å². The molecule has 4 atom stereocenters. The SMILES string of the molecule is COc1ccc(C2OC[C@@H]3CCC(N4C(=O)c5ccccc5C4=O)[C@H]3O2)cc1. The van der Waals surface area contributed by atoms with E-state index >= 15 is 0 Å². The minimum absolute atomic E-state index is 0.184. The fourth-order valence-electron chi connectivity index (χ4n) is 4.52. The van der Waals surface area contributed by atoms with Gasteiger partial charge in [-0.05, 0) is 37.1 Å². The highest BCUT2D eigenvalue weighted by atomic mass is 16.7. The van der Waals surface area contributed by atoms with Crippen LogP contribution in [0, 0.1) is 5.92 Å². The highest BCUT2D eigenvalue weighted by molar-refractivity contribution is 6.21. The molecule has 144 valence electrons. The molecule has 1 aliphatic carbocycles. The van der Waals surface area contributed by atoms with Gasteiger partial charge in [0, 0.05) is 11.5 Å². The third kappa shape index (κ3) is 2.64. The number of carbonyl (C=O) groups excluding carboxylic acids is 2. The molecule has 5 rings (SSSR count). The quantitative estimate of drug-likeness (QED) is 0.767. The number of hydrogen-bond acceptors (Lipinski definition) is 5. The lowest BCUT2D eigenvalue weighted by molar-refractivity contribution is -0.240. The molecule has 2 heterocycles. The molecule has 0 aromatic heterocycles. The fourth-order valence-corrected chi connectivity index (χ4v) is 4.52. The Kier molecular flexibility index (Phi) is 4.18. The molecule has 2 aliphatic heterocycles. The van der Waals surface area contributed by atoms with Crippen molar-refractivity contribution in [1.82, 2.24) is 4.90 Å². The highest BCUT2D eigenvalue weighted by Crippen LogP contribution is 2.42. The number of fused-ring (bicyclic) bond motifs is 2. The summed E-state index contributed by atoms with van der Waals surface area (Å²) >= 11 is 0. The van der Waals surface area contributed by atoms with Crippen molar-refractivity contribution in [3.8, 4) is 5.75 Å². The van der Waals surface area contributed by atoms with Gasteiger partial charge >= 0.3 is 0 Å². The molecule has 2 aromatic carbocycles. The van der Waals surface area contributed by atoms with Gasteiger partial charge in [-0.2, -0.15) is 0 Å². The van der Waals surface area contributed by atoms with Crippen LogP contribution in [0.3, 0.4) is 0 Å². The maximum absolute atomic E-state index is 12.9. The molecule has 2 unspecified atom stereocenters. The van der Waals surface area contributed by atoms with Gasteiger partial charge in [0.25, 0.3) is 11.8 Å². The predicted molar refractivity (Wildman–Crippen MR) is 100 cm³/mol. The zero-order chi connectivity index (χ0) is 19.3. The van der Waals surface area contributed by atoms with Gasteiger partial charge in [0.1, 0.15) is 5.75 Å². The van der Waals surface area contributed by atoms with Crippen LogP contribution in [0.25, 0.3) is 0 Å². The zero-order valence-electron chi connectivity index (χ0n) is 15.5. The van der Waals surface area contributed by atoms with Gasteiger partial charge in [0.05, 0.1) is 37.0 Å². The summed E-state index contributed by atoms with van der Waals surface area (Å²) in [6.07, 6.45) is 0.878. The maximum atomic E-state index is 12.9. The van der Waals surface area contributed by atoms with Crippen molar-refractivity contribution in [3.63, 3.8) is 0 Å². The second kappa shape index (κ2) is 6.72. The van der Waals surface area contributed by atoms with Gasteiger partial charge in [-0.15, -0.1) is 0 Å². The zero-order valence-corrected chi connectivity index (χ0v) is 15.5. The number of rotatable bonds is 3. The van der Waals surface area contributed by atoms with Gasteiger partial charge in [-0.25, -0.2) is 0 Å². The number of imide groups is 1. The topological polar surface area (TPSA) is 65.1 Å². The standard InChI is InChI=1S/C22H21NO5/c1-26-15-9-6-13(7-10-15)22-27-12-14-8-11-18(19(14)28-22)23-20(24)16-4-2-3-5-17(16)21(23)25/h2-7,9-10,14,18-19,22H,8,11-12H2,1H3/t14-,18?,19-,22?/m0/s1. The number of hydrogen-bond donors (Lipinski definition) is 0. The first kappa shape index (κ1) is 17.4. The van der Waals surface area contributed by atoms with Crippen molar-refractivity contribution in [1.29, 1.82) is 0 Å². The number of carbonyl (C=O) groups is 2. The molecule has 28 heavy (non-hydrogen) atoms. The first-order chi connectivity index (χ1) is 13.7. The van der Waals surface area contributed by atoms with Crippen LogP contribution < -0.4 is 4.74 Å². The van der Waals surface area contributed by atoms with E-state index in [1.807, 2.05) is 24.3 Å². The molecule has 2 amide bonds. The molecule has 2 fully saturated rings. The van der Waals surface area contributed by atoms with E-state index in [0.29, 0.717) is 17.7 Å². The molecule has 1 saturated heterocycles. The molecular formula is C22H21NO5. The Morgan fingerprint density at radius 1 is 0.964 bits per heavy atom. The Morgan fingerprint density at radius 3 is 2.29 bits per heavy atom. The molecule has 6 heteroatoms. The lowest BCUT2D eigenvalue weighted by Gasteiger charge is -2.37. The van der Waals surface area contributed by atoms with E-state index in [1.165, 1.54) is 4.90 Å². The summed E-state index contributed by atoms with van der Waals surface area (Å²) in [5, 5.41) is 0. The van der Waals surface area contributed by atoms with Gasteiger partial charge in [-0.3, -0.25) is 14.5 Å². The normalized spacial score (nSPS) is 29.0. The van der Waals surface area contributed by atoms with Crippen molar-refractivity contribution < 1.29 is 23.8 Å². The number of methoxy groups -OCH3 is 1. The van der Waals surface area contributed by atoms with Crippen LogP contribution in [-0.4, -0.2) is 42.6 Å². The average Bonchev–Trinajstić information content (AvgIpc) is 3.26. The summed E-state index contributed by atoms with van der Waals surface area (Å²) < 4.78 is 17.4. The van der Waals surface area contributed by atoms with Crippen LogP contribution in [0.4, 0.5) is 0 Å². The highest BCUT2D eigenvalue weighted by Gasteiger charge is 2.50. The minimum Gasteiger partial charge on any atom is -0.497 e. The summed E-state index contributed by atoms with van der Waals surface area (Å²) in [7, 11) is 1.62. The van der Waals surface area contributed by atoms with E-state index in [2.05, 4.69) is 0 Å². The Morgan fingerprint density at radius 2 is 1.64 bits per heavy atom. The van der Waals surface area contributed by atoms with Gasteiger partial charge in [0.15, 0.2) is 6.29 Å². The summed E-state index contributed by atoms with van der Waals surface area (Å²) in [6.45, 7) is 0.557. The van der Waals surface area contributed by atoms with Crippen molar-refractivity contribution in [3.05, 3.63) is 65.2 Å². The molecule has 3 aliphatic rings. The van der Waals surface area contributed by atoms with Crippen LogP contribution in [0.1, 0.15) is 45.4 Å². The van der Waals surface area contributed by atoms with Crippen LogP contribution in [0.5, 0.6) is 5.75 Å². The number of ether oxygens (including phenoxy) is 3. The Labute approximate surface area is 163 Å². The van der Waals surface area contributed by atoms with Crippen molar-refractivity contribution in [2.45, 2.75) is 31.3 Å². The molecule has 0 bridgehead atoms. The molecule has 1 saturated carbocycles. The first-order valence-electron chi connectivity index (χ1n) is 9.55. The Balaban J connectivity index is 1.39. The molecule has 0 N–H and O–H groups in total. The average molecular weight is 379 g/mol. The van der Waals surface area contributed by atoms with E-state index in [9.17, 15) is 9.59 Å². The van der Waals surface area contributed by atoms with E-state index in [4.69, 9.17) is 14.2 Å². The number of benzene rings is 2. The molecule has 6 nitrogen and oxygen atoms in total. The van der Waals surface area contributed by atoms with E-state index in [1.54, 1.807) is 31.4 Å². The van der Waals surface area contributed by atoms with Crippen molar-refractivity contribution >= 4 is 11.8 Å². The number of nitrogens with zero attached hydrogens (tertiary/aromatic N) is 1. The summed E-state index contributed by atoms with van der Waals surface area (Å²) in [5.74, 6) is 0.510. The van der Waals surface area contributed by atoms with Crippen LogP contribution in [0.2, 0.25) is 0 Å².